The maximum absolute atomic E-state index is 13.8. The van der Waals surface area contributed by atoms with Crippen LogP contribution in [0.25, 0.3) is 33.2 Å². The summed E-state index contributed by atoms with van der Waals surface area (Å²) in [6, 6.07) is 13.4. The van der Waals surface area contributed by atoms with E-state index in [-0.39, 0.29) is 11.8 Å². The van der Waals surface area contributed by atoms with E-state index in [4.69, 9.17) is 5.73 Å². The summed E-state index contributed by atoms with van der Waals surface area (Å²) in [6.07, 6.45) is 6.51. The lowest BCUT2D eigenvalue weighted by Crippen LogP contribution is -2.18. The molecule has 1 unspecified atom stereocenters. The number of benzene rings is 2. The second kappa shape index (κ2) is 6.57. The Bertz CT molecular complexity index is 1430. The zero-order chi connectivity index (χ0) is 21.1. The highest BCUT2D eigenvalue weighted by Crippen LogP contribution is 2.38. The Balaban J connectivity index is 1.52. The topological polar surface area (TPSA) is 92.8 Å². The predicted octanol–water partition coefficient (Wildman–Crippen LogP) is 4.74. The highest BCUT2D eigenvalue weighted by atomic mass is 19.1. The number of halogens is 1. The number of rotatable bonds is 2. The molecule has 1 aliphatic rings. The van der Waals surface area contributed by atoms with Gasteiger partial charge in [-0.15, -0.1) is 0 Å². The van der Waals surface area contributed by atoms with Crippen molar-refractivity contribution in [2.45, 2.75) is 25.3 Å². The van der Waals surface area contributed by atoms with Crippen LogP contribution >= 0.6 is 0 Å². The fourth-order valence-corrected chi connectivity index (χ4v) is 4.79. The van der Waals surface area contributed by atoms with Crippen LogP contribution in [0, 0.1) is 5.82 Å². The molecule has 0 saturated heterocycles. The minimum Gasteiger partial charge on any atom is -0.505 e. The molecule has 0 saturated carbocycles. The molecule has 1 aliphatic carbocycles. The van der Waals surface area contributed by atoms with E-state index in [1.165, 1.54) is 29.6 Å². The number of aryl methyl sites for hydroxylation is 1. The van der Waals surface area contributed by atoms with Crippen LogP contribution in [-0.4, -0.2) is 24.6 Å². The smallest absolute Gasteiger partial charge is 0.165 e. The van der Waals surface area contributed by atoms with E-state index in [0.29, 0.717) is 16.7 Å². The summed E-state index contributed by atoms with van der Waals surface area (Å²) in [6.45, 7) is 0. The molecule has 1 atom stereocenters. The van der Waals surface area contributed by atoms with Crippen molar-refractivity contribution >= 4 is 27.8 Å². The molecule has 0 bridgehead atoms. The Hall–Kier alpha value is -3.87. The maximum Gasteiger partial charge on any atom is 0.165 e. The number of anilines is 1. The number of aromatic nitrogens is 4. The van der Waals surface area contributed by atoms with Gasteiger partial charge in [-0.25, -0.2) is 14.4 Å². The molecule has 0 fully saturated rings. The van der Waals surface area contributed by atoms with Crippen LogP contribution in [-0.2, 0) is 12.8 Å². The van der Waals surface area contributed by atoms with Crippen molar-refractivity contribution in [2.75, 3.05) is 5.73 Å². The van der Waals surface area contributed by atoms with Gasteiger partial charge in [-0.1, -0.05) is 24.3 Å². The molecule has 4 N–H and O–H groups in total. The van der Waals surface area contributed by atoms with Gasteiger partial charge in [0.2, 0.25) is 0 Å². The van der Waals surface area contributed by atoms with E-state index in [2.05, 4.69) is 50.0 Å². The van der Waals surface area contributed by atoms with Crippen molar-refractivity contribution in [3.63, 3.8) is 0 Å². The van der Waals surface area contributed by atoms with Gasteiger partial charge < -0.3 is 20.4 Å². The van der Waals surface area contributed by atoms with Crippen LogP contribution in [0.3, 0.4) is 0 Å². The molecule has 154 valence electrons. The molecule has 0 radical (unpaired) electrons. The van der Waals surface area contributed by atoms with Crippen molar-refractivity contribution in [1.82, 2.24) is 19.5 Å². The lowest BCUT2D eigenvalue weighted by atomic mass is 9.88. The fraction of sp³-hybridized carbons (Fsp3) is 0.167. The molecule has 7 heteroatoms. The first-order valence-electron chi connectivity index (χ1n) is 10.3. The first-order chi connectivity index (χ1) is 15.1. The minimum atomic E-state index is -0.649. The van der Waals surface area contributed by atoms with E-state index in [1.807, 2.05) is 6.07 Å². The largest absolute Gasteiger partial charge is 0.505 e. The fourth-order valence-electron chi connectivity index (χ4n) is 4.79. The lowest BCUT2D eigenvalue weighted by molar-refractivity contribution is 0.433. The molecule has 0 spiro atoms. The van der Waals surface area contributed by atoms with Crippen LogP contribution in [0.4, 0.5) is 10.2 Å². The van der Waals surface area contributed by atoms with Gasteiger partial charge >= 0.3 is 0 Å². The number of hydrogen-bond donors (Lipinski definition) is 3. The Morgan fingerprint density at radius 3 is 2.84 bits per heavy atom. The number of phenols is 1. The van der Waals surface area contributed by atoms with Crippen LogP contribution in [0.2, 0.25) is 0 Å². The number of nitrogen functional groups attached to an aromatic ring is 1. The number of nitrogens with zero attached hydrogens (tertiary/aromatic N) is 3. The molecule has 5 aromatic rings. The van der Waals surface area contributed by atoms with Gasteiger partial charge in [0, 0.05) is 40.5 Å². The van der Waals surface area contributed by atoms with Gasteiger partial charge in [-0.3, -0.25) is 0 Å². The van der Waals surface area contributed by atoms with Crippen molar-refractivity contribution < 1.29 is 9.50 Å². The highest BCUT2D eigenvalue weighted by molar-refractivity contribution is 6.02. The summed E-state index contributed by atoms with van der Waals surface area (Å²) in [5, 5.41) is 11.2. The van der Waals surface area contributed by atoms with Gasteiger partial charge in [0.1, 0.15) is 17.8 Å². The summed E-state index contributed by atoms with van der Waals surface area (Å²) in [7, 11) is 0. The molecule has 31 heavy (non-hydrogen) atoms. The predicted molar refractivity (Wildman–Crippen MR) is 118 cm³/mol. The first-order valence-corrected chi connectivity index (χ1v) is 10.3. The summed E-state index contributed by atoms with van der Waals surface area (Å²) in [4.78, 5) is 12.0. The van der Waals surface area contributed by atoms with Gasteiger partial charge in [0.15, 0.2) is 11.6 Å². The van der Waals surface area contributed by atoms with Crippen LogP contribution in [0.15, 0.2) is 55.0 Å². The van der Waals surface area contributed by atoms with Crippen LogP contribution < -0.4 is 5.73 Å². The molecule has 6 nitrogen and oxygen atoms in total. The van der Waals surface area contributed by atoms with E-state index in [0.717, 1.165) is 41.6 Å². The second-order valence-electron chi connectivity index (χ2n) is 8.15. The second-order valence-corrected chi connectivity index (χ2v) is 8.15. The van der Waals surface area contributed by atoms with Crippen molar-refractivity contribution in [3.05, 3.63) is 71.9 Å². The number of nitrogens with two attached hydrogens (primary N) is 1. The highest BCUT2D eigenvalue weighted by Gasteiger charge is 2.25. The number of H-pyrrole nitrogens is 1. The number of aromatic hydroxyl groups is 1. The Morgan fingerprint density at radius 2 is 1.97 bits per heavy atom. The number of nitrogens with one attached hydrogen (secondary N) is 1. The molecule has 2 aromatic carbocycles. The number of hydrogen-bond acceptors (Lipinski definition) is 4. The molecule has 3 aromatic heterocycles. The zero-order valence-corrected chi connectivity index (χ0v) is 16.6. The number of fused-ring (bicyclic) bond motifs is 3. The van der Waals surface area contributed by atoms with Gasteiger partial charge in [-0.05, 0) is 42.5 Å². The molecule has 0 amide bonds. The SMILES string of the molecule is Nc1ncnc2c1c(-c1cc3cc(F)c(O)cc3[nH]1)cn2C1CCc2ccccc2C1. The number of aromatic amines is 1. The third-order valence-electron chi connectivity index (χ3n) is 6.33. The summed E-state index contributed by atoms with van der Waals surface area (Å²) < 4.78 is 16.0. The molecule has 3 heterocycles. The van der Waals surface area contributed by atoms with Gasteiger partial charge in [0.05, 0.1) is 5.39 Å². The summed E-state index contributed by atoms with van der Waals surface area (Å²) in [5.41, 5.74) is 12.1. The normalized spacial score (nSPS) is 16.1. The average Bonchev–Trinajstić information content (AvgIpc) is 3.36. The molecular weight excluding hydrogens is 393 g/mol. The van der Waals surface area contributed by atoms with E-state index in [9.17, 15) is 9.50 Å². The quantitative estimate of drug-likeness (QED) is 0.390. The van der Waals surface area contributed by atoms with Gasteiger partial charge in [0.25, 0.3) is 0 Å². The first kappa shape index (κ1) is 17.9. The van der Waals surface area contributed by atoms with Gasteiger partial charge in [-0.2, -0.15) is 0 Å². The summed E-state index contributed by atoms with van der Waals surface area (Å²) >= 11 is 0. The Labute approximate surface area is 177 Å². The Kier molecular flexibility index (Phi) is 3.80. The standard InChI is InChI=1S/C24H20FN5O/c25-18-8-15-9-20(29-19(15)10-21(18)31)17-11-30(24-22(17)23(26)27-12-28-24)16-6-5-13-3-1-2-4-14(13)7-16/h1-4,8-12,16,29,31H,5-7H2,(H2,26,27,28). The van der Waals surface area contributed by atoms with Crippen molar-refractivity contribution in [3.8, 4) is 17.0 Å². The molecule has 6 rings (SSSR count). The monoisotopic (exact) mass is 413 g/mol. The molecule has 0 aliphatic heterocycles. The number of phenolic OH excluding ortho intramolecular Hbond substituents is 1. The van der Waals surface area contributed by atoms with E-state index >= 15 is 0 Å². The van der Waals surface area contributed by atoms with E-state index < -0.39 is 5.82 Å². The van der Waals surface area contributed by atoms with E-state index in [1.54, 1.807) is 0 Å². The lowest BCUT2D eigenvalue weighted by Gasteiger charge is -2.26. The maximum atomic E-state index is 13.8. The van der Waals surface area contributed by atoms with Crippen LogP contribution in [0.5, 0.6) is 5.75 Å². The van der Waals surface area contributed by atoms with Crippen molar-refractivity contribution in [2.24, 2.45) is 0 Å². The summed E-state index contributed by atoms with van der Waals surface area (Å²) in [5.74, 6) is -0.626. The zero-order valence-electron chi connectivity index (χ0n) is 16.6. The molecular formula is C24H20FN5O. The third-order valence-corrected chi connectivity index (χ3v) is 6.33. The average molecular weight is 413 g/mol. The van der Waals surface area contributed by atoms with Crippen LogP contribution in [0.1, 0.15) is 23.6 Å². The Morgan fingerprint density at radius 1 is 1.13 bits per heavy atom. The minimum absolute atomic E-state index is 0.256. The third kappa shape index (κ3) is 2.77. The van der Waals surface area contributed by atoms with Crippen molar-refractivity contribution in [1.29, 1.82) is 0 Å².